The van der Waals surface area contributed by atoms with Gasteiger partial charge in [0.2, 0.25) is 0 Å². The van der Waals surface area contributed by atoms with Crippen molar-refractivity contribution in [2.45, 2.75) is 19.4 Å². The molecule has 0 unspecified atom stereocenters. The number of rotatable bonds is 8. The van der Waals surface area contributed by atoms with Gasteiger partial charge in [-0.2, -0.15) is 5.26 Å². The third kappa shape index (κ3) is 4.27. The van der Waals surface area contributed by atoms with Gasteiger partial charge < -0.3 is 14.5 Å². The second-order valence-corrected chi connectivity index (χ2v) is 6.10. The minimum atomic E-state index is -0.453. The van der Waals surface area contributed by atoms with Crippen LogP contribution in [0.25, 0.3) is 5.52 Å². The number of nitrogens with zero attached hydrogens (tertiary/aromatic N) is 3. The summed E-state index contributed by atoms with van der Waals surface area (Å²) in [5.74, 6) is -0.386. The van der Waals surface area contributed by atoms with E-state index >= 15 is 0 Å². The molecule has 0 aliphatic rings. The van der Waals surface area contributed by atoms with Gasteiger partial charge in [-0.25, -0.2) is 0 Å². The maximum Gasteiger partial charge on any atom is 0.306 e. The number of nitro groups is 1. The number of carbonyl (C=O) groups is 1. The van der Waals surface area contributed by atoms with Gasteiger partial charge >= 0.3 is 5.97 Å². The van der Waals surface area contributed by atoms with Gasteiger partial charge in [0, 0.05) is 37.0 Å². The number of para-hydroxylation sites is 2. The number of aromatic nitrogens is 1. The molecule has 0 saturated heterocycles. The predicted molar refractivity (Wildman–Crippen MR) is 103 cm³/mol. The van der Waals surface area contributed by atoms with Crippen molar-refractivity contribution in [3.8, 4) is 6.07 Å². The molecule has 0 bridgehead atoms. The van der Waals surface area contributed by atoms with Crippen molar-refractivity contribution >= 4 is 22.9 Å². The Morgan fingerprint density at radius 2 is 2.04 bits per heavy atom. The highest BCUT2D eigenvalue weighted by molar-refractivity contribution is 5.70. The number of pyridine rings is 1. The number of ether oxygens (including phenoxy) is 1. The Balaban J connectivity index is 1.48. The standard InChI is InChI=1S/C20H18N4O4/c21-12-16-15(13-23-11-4-3-7-18(16)23)14-28-20(25)9-5-10-22-17-6-1-2-8-19(17)24(26)27/h1-4,6-8,11,13,22H,5,9-10,14H2. The van der Waals surface area contributed by atoms with E-state index < -0.39 is 4.92 Å². The van der Waals surface area contributed by atoms with Crippen LogP contribution in [0.2, 0.25) is 0 Å². The van der Waals surface area contributed by atoms with E-state index in [1.165, 1.54) is 6.07 Å². The molecule has 0 spiro atoms. The van der Waals surface area contributed by atoms with Gasteiger partial charge in [-0.15, -0.1) is 0 Å². The van der Waals surface area contributed by atoms with Crippen molar-refractivity contribution in [3.63, 3.8) is 0 Å². The summed E-state index contributed by atoms with van der Waals surface area (Å²) in [5.41, 5.74) is 2.33. The number of esters is 1. The smallest absolute Gasteiger partial charge is 0.306 e. The van der Waals surface area contributed by atoms with E-state index in [2.05, 4.69) is 11.4 Å². The van der Waals surface area contributed by atoms with Crippen molar-refractivity contribution < 1.29 is 14.5 Å². The van der Waals surface area contributed by atoms with Gasteiger partial charge in [-0.3, -0.25) is 14.9 Å². The Bertz CT molecular complexity index is 1050. The molecule has 2 aromatic heterocycles. The average Bonchev–Trinajstić information content (AvgIpc) is 3.07. The molecule has 1 N–H and O–H groups in total. The van der Waals surface area contributed by atoms with E-state index in [0.717, 1.165) is 5.52 Å². The first kappa shape index (κ1) is 18.9. The largest absolute Gasteiger partial charge is 0.461 e. The number of benzene rings is 1. The number of nitro benzene ring substituents is 1. The van der Waals surface area contributed by atoms with Crippen molar-refractivity contribution in [2.75, 3.05) is 11.9 Å². The summed E-state index contributed by atoms with van der Waals surface area (Å²) in [7, 11) is 0. The maximum atomic E-state index is 12.0. The molecule has 0 fully saturated rings. The zero-order valence-electron chi connectivity index (χ0n) is 15.0. The lowest BCUT2D eigenvalue weighted by atomic mass is 10.2. The van der Waals surface area contributed by atoms with Crippen LogP contribution in [-0.4, -0.2) is 21.8 Å². The highest BCUT2D eigenvalue weighted by atomic mass is 16.6. The third-order valence-corrected chi connectivity index (χ3v) is 4.24. The van der Waals surface area contributed by atoms with E-state index in [9.17, 15) is 20.2 Å². The van der Waals surface area contributed by atoms with Crippen LogP contribution in [0, 0.1) is 21.4 Å². The van der Waals surface area contributed by atoms with Crippen LogP contribution in [0.5, 0.6) is 0 Å². The summed E-state index contributed by atoms with van der Waals surface area (Å²) >= 11 is 0. The molecule has 8 nitrogen and oxygen atoms in total. The summed E-state index contributed by atoms with van der Waals surface area (Å²) in [4.78, 5) is 22.5. The summed E-state index contributed by atoms with van der Waals surface area (Å²) < 4.78 is 7.09. The van der Waals surface area contributed by atoms with Crippen LogP contribution in [0.15, 0.2) is 54.9 Å². The Labute approximate surface area is 161 Å². The molecule has 8 heteroatoms. The predicted octanol–water partition coefficient (Wildman–Crippen LogP) is 3.65. The maximum absolute atomic E-state index is 12.0. The van der Waals surface area contributed by atoms with E-state index in [1.54, 1.807) is 24.4 Å². The summed E-state index contributed by atoms with van der Waals surface area (Å²) in [5, 5.41) is 23.3. The second-order valence-electron chi connectivity index (χ2n) is 6.10. The van der Waals surface area contributed by atoms with Crippen molar-refractivity contribution in [1.29, 1.82) is 5.26 Å². The van der Waals surface area contributed by atoms with E-state index in [4.69, 9.17) is 4.74 Å². The number of nitriles is 1. The molecule has 0 aliphatic carbocycles. The minimum Gasteiger partial charge on any atom is -0.461 e. The number of anilines is 1. The average molecular weight is 378 g/mol. The molecule has 28 heavy (non-hydrogen) atoms. The topological polar surface area (TPSA) is 110 Å². The lowest BCUT2D eigenvalue weighted by molar-refractivity contribution is -0.384. The lowest BCUT2D eigenvalue weighted by Gasteiger charge is -2.07. The Morgan fingerprint density at radius 3 is 2.82 bits per heavy atom. The van der Waals surface area contributed by atoms with Crippen molar-refractivity contribution in [2.24, 2.45) is 0 Å². The van der Waals surface area contributed by atoms with E-state index in [0.29, 0.717) is 29.8 Å². The van der Waals surface area contributed by atoms with Crippen molar-refractivity contribution in [1.82, 2.24) is 4.40 Å². The highest BCUT2D eigenvalue weighted by Gasteiger charge is 2.13. The fraction of sp³-hybridized carbons (Fsp3) is 0.200. The molecule has 142 valence electrons. The molecule has 1 aromatic carbocycles. The van der Waals surface area contributed by atoms with Crippen LogP contribution in [-0.2, 0) is 16.1 Å². The van der Waals surface area contributed by atoms with Crippen LogP contribution >= 0.6 is 0 Å². The monoisotopic (exact) mass is 378 g/mol. The Morgan fingerprint density at radius 1 is 1.25 bits per heavy atom. The Kier molecular flexibility index (Phi) is 5.87. The van der Waals surface area contributed by atoms with Crippen LogP contribution < -0.4 is 5.32 Å². The second kappa shape index (κ2) is 8.68. The molecule has 0 atom stereocenters. The highest BCUT2D eigenvalue weighted by Crippen LogP contribution is 2.23. The molecule has 0 saturated carbocycles. The quantitative estimate of drug-likeness (QED) is 0.277. The van der Waals surface area contributed by atoms with Crippen LogP contribution in [0.1, 0.15) is 24.0 Å². The number of carbonyl (C=O) groups excluding carboxylic acids is 1. The van der Waals surface area contributed by atoms with Gasteiger partial charge in [-0.05, 0) is 24.6 Å². The van der Waals surface area contributed by atoms with Gasteiger partial charge in [0.25, 0.3) is 5.69 Å². The molecule has 0 aliphatic heterocycles. The van der Waals surface area contributed by atoms with E-state index in [1.807, 2.05) is 28.8 Å². The van der Waals surface area contributed by atoms with Gasteiger partial charge in [0.1, 0.15) is 18.4 Å². The molecule has 3 rings (SSSR count). The molecular formula is C20H18N4O4. The molecular weight excluding hydrogens is 360 g/mol. The van der Waals surface area contributed by atoms with Crippen molar-refractivity contribution in [3.05, 3.63) is 76.1 Å². The SMILES string of the molecule is N#Cc1c(COC(=O)CCCNc2ccccc2[N+](=O)[O-])cn2ccccc12. The fourth-order valence-electron chi connectivity index (χ4n) is 2.88. The minimum absolute atomic E-state index is 0.00474. The number of fused-ring (bicyclic) bond motifs is 1. The van der Waals surface area contributed by atoms with Crippen LogP contribution in [0.3, 0.4) is 0 Å². The molecule has 0 amide bonds. The molecule has 3 aromatic rings. The number of hydrogen-bond donors (Lipinski definition) is 1. The summed E-state index contributed by atoms with van der Waals surface area (Å²) in [6.45, 7) is 0.431. The first-order valence-corrected chi connectivity index (χ1v) is 8.71. The molecule has 2 heterocycles. The van der Waals surface area contributed by atoms with E-state index in [-0.39, 0.29) is 24.7 Å². The van der Waals surface area contributed by atoms with Gasteiger partial charge in [0.15, 0.2) is 0 Å². The molecule has 0 radical (unpaired) electrons. The van der Waals surface area contributed by atoms with Gasteiger partial charge in [0.05, 0.1) is 16.0 Å². The van der Waals surface area contributed by atoms with Gasteiger partial charge in [-0.1, -0.05) is 18.2 Å². The fourth-order valence-corrected chi connectivity index (χ4v) is 2.88. The lowest BCUT2D eigenvalue weighted by Crippen LogP contribution is -2.09. The first-order chi connectivity index (χ1) is 13.6. The Hall–Kier alpha value is -3.86. The number of nitrogens with one attached hydrogen (secondary N) is 1. The third-order valence-electron chi connectivity index (χ3n) is 4.24. The zero-order chi connectivity index (χ0) is 19.9. The normalized spacial score (nSPS) is 10.4. The first-order valence-electron chi connectivity index (χ1n) is 8.71. The van der Waals surface area contributed by atoms with Crippen LogP contribution in [0.4, 0.5) is 11.4 Å². The summed E-state index contributed by atoms with van der Waals surface area (Å²) in [6, 6.07) is 14.0. The number of hydrogen-bond acceptors (Lipinski definition) is 6. The zero-order valence-corrected chi connectivity index (χ0v) is 15.0. The summed E-state index contributed by atoms with van der Waals surface area (Å²) in [6.07, 6.45) is 4.24.